The lowest BCUT2D eigenvalue weighted by molar-refractivity contribution is 0.473. The average molecular weight is 374 g/mol. The van der Waals surface area contributed by atoms with Crippen molar-refractivity contribution >= 4 is 22.6 Å². The number of nitriles is 1. The third-order valence-corrected chi connectivity index (χ3v) is 4.23. The Morgan fingerprint density at radius 2 is 2.00 bits per heavy atom. The van der Waals surface area contributed by atoms with E-state index in [9.17, 15) is 19.5 Å². The number of benzene rings is 1. The molecule has 3 aromatic rings. The van der Waals surface area contributed by atoms with Crippen LogP contribution in [0.15, 0.2) is 43.2 Å². The quantitative estimate of drug-likeness (QED) is 0.693. The van der Waals surface area contributed by atoms with Gasteiger partial charge in [0, 0.05) is 30.3 Å². The van der Waals surface area contributed by atoms with Crippen LogP contribution in [-0.2, 0) is 13.1 Å². The first kappa shape index (κ1) is 17.5. The van der Waals surface area contributed by atoms with E-state index in [1.165, 1.54) is 22.9 Å². The second-order valence-electron chi connectivity index (χ2n) is 5.50. The van der Waals surface area contributed by atoms with E-state index in [0.29, 0.717) is 10.9 Å². The van der Waals surface area contributed by atoms with E-state index in [2.05, 4.69) is 0 Å². The molecule has 0 bridgehead atoms. The summed E-state index contributed by atoms with van der Waals surface area (Å²) < 4.78 is 7.13. The van der Waals surface area contributed by atoms with Crippen LogP contribution in [0.5, 0.6) is 5.75 Å². The molecular weight excluding hydrogens is 362 g/mol. The molecular formula is C17H12ClN3O5. The lowest BCUT2D eigenvalue weighted by Gasteiger charge is -2.11. The van der Waals surface area contributed by atoms with Crippen molar-refractivity contribution in [3.8, 4) is 11.8 Å². The summed E-state index contributed by atoms with van der Waals surface area (Å²) in [5, 5.41) is 19.2. The van der Waals surface area contributed by atoms with Crippen LogP contribution in [0.25, 0.3) is 11.0 Å². The molecule has 1 N–H and O–H groups in total. The summed E-state index contributed by atoms with van der Waals surface area (Å²) in [6.45, 7) is 1.72. The molecule has 0 atom stereocenters. The van der Waals surface area contributed by atoms with E-state index < -0.39 is 16.9 Å². The molecule has 0 aliphatic heterocycles. The molecule has 0 fully saturated rings. The van der Waals surface area contributed by atoms with Gasteiger partial charge in [-0.15, -0.1) is 0 Å². The van der Waals surface area contributed by atoms with Crippen LogP contribution < -0.4 is 16.9 Å². The van der Waals surface area contributed by atoms with E-state index in [-0.39, 0.29) is 35.0 Å². The number of rotatable bonds is 3. The number of phenols is 1. The third kappa shape index (κ3) is 2.89. The monoisotopic (exact) mass is 373 g/mol. The van der Waals surface area contributed by atoms with Crippen LogP contribution >= 0.6 is 11.6 Å². The van der Waals surface area contributed by atoms with Gasteiger partial charge in [-0.25, -0.2) is 9.59 Å². The Labute approximate surface area is 150 Å². The lowest BCUT2D eigenvalue weighted by Crippen LogP contribution is -2.41. The van der Waals surface area contributed by atoms with Gasteiger partial charge in [-0.1, -0.05) is 11.6 Å². The van der Waals surface area contributed by atoms with E-state index in [0.717, 1.165) is 10.6 Å². The fourth-order valence-corrected chi connectivity index (χ4v) is 2.80. The molecule has 0 spiro atoms. The van der Waals surface area contributed by atoms with Crippen molar-refractivity contribution in [3.63, 3.8) is 0 Å². The second-order valence-corrected chi connectivity index (χ2v) is 5.91. The summed E-state index contributed by atoms with van der Waals surface area (Å²) in [6.07, 6.45) is 1.20. The normalized spacial score (nSPS) is 10.8. The Morgan fingerprint density at radius 3 is 2.65 bits per heavy atom. The summed E-state index contributed by atoms with van der Waals surface area (Å²) in [4.78, 5) is 36.7. The molecule has 8 nitrogen and oxygen atoms in total. The predicted molar refractivity (Wildman–Crippen MR) is 93.6 cm³/mol. The zero-order chi connectivity index (χ0) is 19.0. The maximum Gasteiger partial charge on any atom is 0.336 e. The maximum absolute atomic E-state index is 12.5. The molecule has 3 rings (SSSR count). The first-order chi connectivity index (χ1) is 12.3. The molecule has 0 saturated carbocycles. The zero-order valence-corrected chi connectivity index (χ0v) is 14.3. The molecule has 132 valence electrons. The molecule has 0 radical (unpaired) electrons. The third-order valence-electron chi connectivity index (χ3n) is 3.92. The molecule has 26 heavy (non-hydrogen) atoms. The number of nitrogens with zero attached hydrogens (tertiary/aromatic N) is 3. The molecule has 0 aliphatic carbocycles. The topological polar surface area (TPSA) is 118 Å². The smallest absolute Gasteiger partial charge is 0.336 e. The number of halogens is 1. The summed E-state index contributed by atoms with van der Waals surface area (Å²) in [6, 6.07) is 5.46. The van der Waals surface area contributed by atoms with Crippen molar-refractivity contribution < 1.29 is 9.52 Å². The van der Waals surface area contributed by atoms with E-state index >= 15 is 0 Å². The SMILES string of the molecule is CCn1cc(C#N)c(=O)n(Cc2cc(=O)oc3cc(O)c(Cl)cc23)c1=O. The molecule has 2 heterocycles. The first-order valence-electron chi connectivity index (χ1n) is 7.55. The van der Waals surface area contributed by atoms with Gasteiger partial charge in [0.2, 0.25) is 0 Å². The molecule has 0 amide bonds. The Kier molecular flexibility index (Phi) is 4.40. The van der Waals surface area contributed by atoms with Gasteiger partial charge in [0.15, 0.2) is 0 Å². The molecule has 0 saturated heterocycles. The van der Waals surface area contributed by atoms with E-state index in [4.69, 9.17) is 21.3 Å². The predicted octanol–water partition coefficient (Wildman–Crippen LogP) is 1.42. The highest BCUT2D eigenvalue weighted by Crippen LogP contribution is 2.30. The fraction of sp³-hybridized carbons (Fsp3) is 0.176. The Balaban J connectivity index is 2.30. The van der Waals surface area contributed by atoms with Gasteiger partial charge in [0.1, 0.15) is 23.0 Å². The van der Waals surface area contributed by atoms with Gasteiger partial charge >= 0.3 is 11.3 Å². The Hall–Kier alpha value is -3.31. The van der Waals surface area contributed by atoms with Crippen molar-refractivity contribution in [2.75, 3.05) is 0 Å². The van der Waals surface area contributed by atoms with Crippen molar-refractivity contribution in [1.82, 2.24) is 9.13 Å². The highest BCUT2D eigenvalue weighted by atomic mass is 35.5. The van der Waals surface area contributed by atoms with E-state index in [1.807, 2.05) is 0 Å². The van der Waals surface area contributed by atoms with Crippen molar-refractivity contribution in [2.45, 2.75) is 20.0 Å². The number of fused-ring (bicyclic) bond motifs is 1. The fourth-order valence-electron chi connectivity index (χ4n) is 2.63. The van der Waals surface area contributed by atoms with Crippen molar-refractivity contribution in [1.29, 1.82) is 5.26 Å². The van der Waals surface area contributed by atoms with Crippen LogP contribution in [-0.4, -0.2) is 14.2 Å². The zero-order valence-electron chi connectivity index (χ0n) is 13.5. The Morgan fingerprint density at radius 1 is 1.27 bits per heavy atom. The number of hydrogen-bond acceptors (Lipinski definition) is 6. The summed E-state index contributed by atoms with van der Waals surface area (Å²) >= 11 is 5.91. The molecule has 0 unspecified atom stereocenters. The van der Waals surface area contributed by atoms with Crippen molar-refractivity contribution in [3.05, 3.63) is 71.8 Å². The summed E-state index contributed by atoms with van der Waals surface area (Å²) in [5.41, 5.74) is -1.90. The minimum atomic E-state index is -0.756. The van der Waals surface area contributed by atoms with Gasteiger partial charge in [-0.2, -0.15) is 5.26 Å². The van der Waals surface area contributed by atoms with Crippen LogP contribution in [0.1, 0.15) is 18.1 Å². The number of phenolic OH excluding ortho intramolecular Hbond substituents is 1. The average Bonchev–Trinajstić information content (AvgIpc) is 2.60. The van der Waals surface area contributed by atoms with Gasteiger partial charge in [-0.05, 0) is 18.6 Å². The van der Waals surface area contributed by atoms with Crippen LogP contribution in [0.3, 0.4) is 0 Å². The molecule has 9 heteroatoms. The molecule has 1 aromatic carbocycles. The van der Waals surface area contributed by atoms with Crippen LogP contribution in [0.4, 0.5) is 0 Å². The largest absolute Gasteiger partial charge is 0.506 e. The molecule has 0 aliphatic rings. The minimum absolute atomic E-state index is 0.0247. The number of aromatic nitrogens is 2. The van der Waals surface area contributed by atoms with Gasteiger partial charge in [0.05, 0.1) is 11.6 Å². The van der Waals surface area contributed by atoms with Gasteiger partial charge < -0.3 is 9.52 Å². The second kappa shape index (κ2) is 6.54. The first-order valence-corrected chi connectivity index (χ1v) is 7.93. The number of aromatic hydroxyl groups is 1. The molecule has 2 aromatic heterocycles. The summed E-state index contributed by atoms with van der Waals surface area (Å²) in [7, 11) is 0. The van der Waals surface area contributed by atoms with Crippen LogP contribution in [0, 0.1) is 11.3 Å². The van der Waals surface area contributed by atoms with Crippen LogP contribution in [0.2, 0.25) is 5.02 Å². The Bertz CT molecular complexity index is 1250. The van der Waals surface area contributed by atoms with E-state index in [1.54, 1.807) is 13.0 Å². The number of aryl methyl sites for hydroxylation is 1. The van der Waals surface area contributed by atoms with Gasteiger partial charge in [-0.3, -0.25) is 13.9 Å². The lowest BCUT2D eigenvalue weighted by atomic mass is 10.1. The van der Waals surface area contributed by atoms with Gasteiger partial charge in [0.25, 0.3) is 5.56 Å². The van der Waals surface area contributed by atoms with Crippen molar-refractivity contribution in [2.24, 2.45) is 0 Å². The highest BCUT2D eigenvalue weighted by Gasteiger charge is 2.15. The summed E-state index contributed by atoms with van der Waals surface area (Å²) in [5.74, 6) is -0.267. The highest BCUT2D eigenvalue weighted by molar-refractivity contribution is 6.32. The minimum Gasteiger partial charge on any atom is -0.506 e. The standard InChI is InChI=1S/C17H12ClN3O5/c1-2-20-7-10(6-19)16(24)21(17(20)25)8-9-3-15(23)26-14-5-13(22)12(18)4-11(9)14/h3-5,7,22H,2,8H2,1H3. The maximum atomic E-state index is 12.5. The number of hydrogen-bond donors (Lipinski definition) is 1.